The molecule has 1 aromatic heterocycles. The molecule has 0 aliphatic heterocycles. The Morgan fingerprint density at radius 1 is 1.70 bits per heavy atom. The number of rotatable bonds is 2. The van der Waals surface area contributed by atoms with Crippen LogP contribution in [0.2, 0.25) is 0 Å². The predicted molar refractivity (Wildman–Crippen MR) is 42.3 cm³/mol. The number of hydrogen-bond donors (Lipinski definition) is 1. The summed E-state index contributed by atoms with van der Waals surface area (Å²) in [4.78, 5) is 2.13. The summed E-state index contributed by atoms with van der Waals surface area (Å²) in [6.45, 7) is 5.16. The fourth-order valence-corrected chi connectivity index (χ4v) is 0.884. The van der Waals surface area contributed by atoms with Gasteiger partial charge in [-0.2, -0.15) is 5.10 Å². The van der Waals surface area contributed by atoms with Crippen LogP contribution in [0.25, 0.3) is 0 Å². The van der Waals surface area contributed by atoms with Crippen molar-refractivity contribution >= 4 is 5.82 Å². The van der Waals surface area contributed by atoms with E-state index in [4.69, 9.17) is 0 Å². The zero-order chi connectivity index (χ0) is 7.56. The van der Waals surface area contributed by atoms with E-state index in [1.165, 1.54) is 5.56 Å². The molecular formula is C7H13N3. The first kappa shape index (κ1) is 7.12. The fourth-order valence-electron chi connectivity index (χ4n) is 0.884. The van der Waals surface area contributed by atoms with E-state index in [0.717, 1.165) is 12.4 Å². The second-order valence-corrected chi connectivity index (χ2v) is 2.42. The molecule has 3 nitrogen and oxygen atoms in total. The predicted octanol–water partition coefficient (Wildman–Crippen LogP) is 1.17. The Kier molecular flexibility index (Phi) is 1.94. The summed E-state index contributed by atoms with van der Waals surface area (Å²) in [7, 11) is 2.04. The van der Waals surface area contributed by atoms with E-state index in [1.807, 2.05) is 20.2 Å². The molecule has 0 radical (unpaired) electrons. The SMILES string of the molecule is CCN(C)c1[nH]ncc1C. The first-order chi connectivity index (χ1) is 4.75. The van der Waals surface area contributed by atoms with Gasteiger partial charge in [-0.1, -0.05) is 0 Å². The van der Waals surface area contributed by atoms with Crippen LogP contribution in [-0.2, 0) is 0 Å². The minimum Gasteiger partial charge on any atom is -0.360 e. The van der Waals surface area contributed by atoms with Crippen molar-refractivity contribution in [3.8, 4) is 0 Å². The summed E-state index contributed by atoms with van der Waals surface area (Å²) in [5.74, 6) is 1.11. The summed E-state index contributed by atoms with van der Waals surface area (Å²) in [6.07, 6.45) is 1.83. The van der Waals surface area contributed by atoms with Crippen molar-refractivity contribution in [3.05, 3.63) is 11.8 Å². The smallest absolute Gasteiger partial charge is 0.126 e. The molecule has 0 aliphatic rings. The molecule has 1 aromatic rings. The number of hydrogen-bond acceptors (Lipinski definition) is 2. The highest BCUT2D eigenvalue weighted by Crippen LogP contribution is 2.12. The zero-order valence-corrected chi connectivity index (χ0v) is 6.68. The lowest BCUT2D eigenvalue weighted by atomic mass is 10.3. The van der Waals surface area contributed by atoms with Crippen molar-refractivity contribution in [2.45, 2.75) is 13.8 Å². The highest BCUT2D eigenvalue weighted by atomic mass is 15.2. The van der Waals surface area contributed by atoms with Crippen LogP contribution in [-0.4, -0.2) is 23.8 Å². The molecule has 0 saturated carbocycles. The quantitative estimate of drug-likeness (QED) is 0.667. The number of anilines is 1. The van der Waals surface area contributed by atoms with Gasteiger partial charge in [0.2, 0.25) is 0 Å². The third kappa shape index (κ3) is 1.12. The van der Waals surface area contributed by atoms with Gasteiger partial charge >= 0.3 is 0 Å². The largest absolute Gasteiger partial charge is 0.360 e. The molecule has 1 rings (SSSR count). The maximum absolute atomic E-state index is 3.92. The van der Waals surface area contributed by atoms with Crippen molar-refractivity contribution in [2.75, 3.05) is 18.5 Å². The highest BCUT2D eigenvalue weighted by Gasteiger charge is 2.02. The van der Waals surface area contributed by atoms with Crippen LogP contribution >= 0.6 is 0 Å². The van der Waals surface area contributed by atoms with Crippen molar-refractivity contribution in [1.29, 1.82) is 0 Å². The molecule has 0 bridgehead atoms. The van der Waals surface area contributed by atoms with Gasteiger partial charge in [0.1, 0.15) is 5.82 Å². The van der Waals surface area contributed by atoms with Gasteiger partial charge in [0, 0.05) is 19.2 Å². The van der Waals surface area contributed by atoms with Crippen LogP contribution in [0, 0.1) is 6.92 Å². The van der Waals surface area contributed by atoms with Crippen LogP contribution in [0.15, 0.2) is 6.20 Å². The van der Waals surface area contributed by atoms with E-state index in [-0.39, 0.29) is 0 Å². The third-order valence-electron chi connectivity index (χ3n) is 1.66. The van der Waals surface area contributed by atoms with E-state index in [9.17, 15) is 0 Å². The summed E-state index contributed by atoms with van der Waals surface area (Å²) in [5.41, 5.74) is 1.20. The Hall–Kier alpha value is -0.990. The molecular weight excluding hydrogens is 126 g/mol. The van der Waals surface area contributed by atoms with E-state index in [1.54, 1.807) is 0 Å². The lowest BCUT2D eigenvalue weighted by Gasteiger charge is -2.14. The highest BCUT2D eigenvalue weighted by molar-refractivity contribution is 5.43. The number of H-pyrrole nitrogens is 1. The van der Waals surface area contributed by atoms with E-state index in [2.05, 4.69) is 22.0 Å². The fraction of sp³-hybridized carbons (Fsp3) is 0.571. The number of nitrogens with one attached hydrogen (secondary N) is 1. The Balaban J connectivity index is 2.82. The minimum atomic E-state index is 1.00. The van der Waals surface area contributed by atoms with E-state index < -0.39 is 0 Å². The van der Waals surface area contributed by atoms with Crippen LogP contribution in [0.3, 0.4) is 0 Å². The number of aryl methyl sites for hydroxylation is 1. The third-order valence-corrected chi connectivity index (χ3v) is 1.66. The van der Waals surface area contributed by atoms with Crippen molar-refractivity contribution in [2.24, 2.45) is 0 Å². The Labute approximate surface area is 61.0 Å². The van der Waals surface area contributed by atoms with Crippen LogP contribution in [0.1, 0.15) is 12.5 Å². The Bertz CT molecular complexity index is 204. The first-order valence-electron chi connectivity index (χ1n) is 3.46. The summed E-state index contributed by atoms with van der Waals surface area (Å²) in [5, 5.41) is 6.86. The molecule has 0 spiro atoms. The minimum absolute atomic E-state index is 1.00. The van der Waals surface area contributed by atoms with E-state index in [0.29, 0.717) is 0 Å². The molecule has 3 heteroatoms. The molecule has 56 valence electrons. The van der Waals surface area contributed by atoms with Gasteiger partial charge in [0.05, 0.1) is 6.20 Å². The zero-order valence-electron chi connectivity index (χ0n) is 6.68. The van der Waals surface area contributed by atoms with Gasteiger partial charge < -0.3 is 4.90 Å². The lowest BCUT2D eigenvalue weighted by Crippen LogP contribution is -2.16. The Morgan fingerprint density at radius 3 is 2.80 bits per heavy atom. The van der Waals surface area contributed by atoms with Gasteiger partial charge in [0.25, 0.3) is 0 Å². The molecule has 0 unspecified atom stereocenters. The molecule has 0 aliphatic carbocycles. The molecule has 10 heavy (non-hydrogen) atoms. The standard InChI is InChI=1S/C7H13N3/c1-4-10(3)7-6(2)5-8-9-7/h5H,4H2,1-3H3,(H,8,9). The molecule has 0 fully saturated rings. The lowest BCUT2D eigenvalue weighted by molar-refractivity contribution is 0.918. The molecule has 1 heterocycles. The van der Waals surface area contributed by atoms with Crippen LogP contribution in [0.5, 0.6) is 0 Å². The van der Waals surface area contributed by atoms with Gasteiger partial charge in [-0.05, 0) is 13.8 Å². The average molecular weight is 139 g/mol. The number of aromatic amines is 1. The molecule has 1 N–H and O–H groups in total. The van der Waals surface area contributed by atoms with Crippen LogP contribution in [0.4, 0.5) is 5.82 Å². The Morgan fingerprint density at radius 2 is 2.40 bits per heavy atom. The second-order valence-electron chi connectivity index (χ2n) is 2.42. The summed E-state index contributed by atoms with van der Waals surface area (Å²) in [6, 6.07) is 0. The normalized spacial score (nSPS) is 9.90. The topological polar surface area (TPSA) is 31.9 Å². The summed E-state index contributed by atoms with van der Waals surface area (Å²) >= 11 is 0. The van der Waals surface area contributed by atoms with Crippen molar-refractivity contribution < 1.29 is 0 Å². The van der Waals surface area contributed by atoms with Crippen molar-refractivity contribution in [3.63, 3.8) is 0 Å². The van der Waals surface area contributed by atoms with Gasteiger partial charge in [-0.3, -0.25) is 5.10 Å². The van der Waals surface area contributed by atoms with Gasteiger partial charge in [-0.15, -0.1) is 0 Å². The molecule has 0 aromatic carbocycles. The number of nitrogens with zero attached hydrogens (tertiary/aromatic N) is 2. The second kappa shape index (κ2) is 2.73. The molecule has 0 atom stereocenters. The van der Waals surface area contributed by atoms with Crippen LogP contribution < -0.4 is 4.90 Å². The van der Waals surface area contributed by atoms with Gasteiger partial charge in [-0.25, -0.2) is 0 Å². The molecule has 0 amide bonds. The van der Waals surface area contributed by atoms with Gasteiger partial charge in [0.15, 0.2) is 0 Å². The summed E-state index contributed by atoms with van der Waals surface area (Å²) < 4.78 is 0. The maximum atomic E-state index is 3.92. The maximum Gasteiger partial charge on any atom is 0.126 e. The van der Waals surface area contributed by atoms with E-state index >= 15 is 0 Å². The average Bonchev–Trinajstić information content (AvgIpc) is 2.34. The van der Waals surface area contributed by atoms with Crippen molar-refractivity contribution in [1.82, 2.24) is 10.2 Å². The monoisotopic (exact) mass is 139 g/mol. The molecule has 0 saturated heterocycles. The first-order valence-corrected chi connectivity index (χ1v) is 3.46. The number of aromatic nitrogens is 2.